The predicted molar refractivity (Wildman–Crippen MR) is 37.3 cm³/mol. The minimum Gasteiger partial charge on any atom is -0.550 e. The fourth-order valence-electron chi connectivity index (χ4n) is 0.456. The summed E-state index contributed by atoms with van der Waals surface area (Å²) >= 11 is 4.00. The number of aliphatic carboxylic acids is 1. The van der Waals surface area contributed by atoms with Gasteiger partial charge in [-0.1, -0.05) is 6.92 Å². The van der Waals surface area contributed by atoms with Gasteiger partial charge in [-0.25, -0.2) is 0 Å². The smallest absolute Gasteiger partial charge is 0.0414 e. The van der Waals surface area contributed by atoms with Crippen LogP contribution in [0.25, 0.3) is 0 Å². The molecular weight excluding hydrogens is 136 g/mol. The first-order valence-corrected chi connectivity index (χ1v) is 3.60. The second kappa shape index (κ2) is 4.68. The Balaban J connectivity index is 3.16. The molecule has 0 aliphatic carbocycles. The number of rotatable bonds is 4. The van der Waals surface area contributed by atoms with Gasteiger partial charge in [0, 0.05) is 5.97 Å². The third kappa shape index (κ3) is 5.69. The normalized spacial score (nSPS) is 13.1. The lowest BCUT2D eigenvalue weighted by atomic mass is 10.1. The lowest BCUT2D eigenvalue weighted by molar-refractivity contribution is -0.305. The average Bonchev–Trinajstić information content (AvgIpc) is 1.83. The number of hydrogen-bond acceptors (Lipinski definition) is 3. The van der Waals surface area contributed by atoms with Crippen LogP contribution in [0.3, 0.4) is 0 Å². The van der Waals surface area contributed by atoms with Crippen LogP contribution in [0, 0.1) is 5.92 Å². The van der Waals surface area contributed by atoms with E-state index in [1.807, 2.05) is 6.92 Å². The van der Waals surface area contributed by atoms with Gasteiger partial charge in [0.05, 0.1) is 0 Å². The van der Waals surface area contributed by atoms with Gasteiger partial charge in [-0.15, -0.1) is 0 Å². The van der Waals surface area contributed by atoms with E-state index in [0.29, 0.717) is 12.3 Å². The minimum absolute atomic E-state index is 0.154. The van der Waals surface area contributed by atoms with Crippen molar-refractivity contribution >= 4 is 18.6 Å². The predicted octanol–water partition coefficient (Wildman–Crippen LogP) is 0.0824. The molecule has 0 aromatic carbocycles. The molecule has 0 N–H and O–H groups in total. The maximum absolute atomic E-state index is 9.88. The van der Waals surface area contributed by atoms with Gasteiger partial charge >= 0.3 is 0 Å². The Morgan fingerprint density at radius 3 is 2.67 bits per heavy atom. The van der Waals surface area contributed by atoms with Crippen molar-refractivity contribution in [1.82, 2.24) is 0 Å². The van der Waals surface area contributed by atoms with Crippen LogP contribution in [0.4, 0.5) is 0 Å². The van der Waals surface area contributed by atoms with Crippen LogP contribution in [-0.4, -0.2) is 11.7 Å². The van der Waals surface area contributed by atoms with Crippen LogP contribution in [0.5, 0.6) is 0 Å². The quantitative estimate of drug-likeness (QED) is 0.572. The Hall–Kier alpha value is -0.180. The van der Waals surface area contributed by atoms with Crippen molar-refractivity contribution in [1.29, 1.82) is 0 Å². The number of carboxylic acid groups (broad SMARTS) is 1. The van der Waals surface area contributed by atoms with Gasteiger partial charge in [0.15, 0.2) is 0 Å². The van der Waals surface area contributed by atoms with E-state index in [9.17, 15) is 9.90 Å². The fraction of sp³-hybridized carbons (Fsp3) is 0.833. The van der Waals surface area contributed by atoms with Crippen molar-refractivity contribution in [2.24, 2.45) is 5.92 Å². The van der Waals surface area contributed by atoms with E-state index in [1.54, 1.807) is 0 Å². The molecule has 0 aliphatic heterocycles. The molecule has 0 aromatic heterocycles. The van der Waals surface area contributed by atoms with Crippen LogP contribution >= 0.6 is 12.6 Å². The van der Waals surface area contributed by atoms with Crippen LogP contribution in [0.1, 0.15) is 19.8 Å². The van der Waals surface area contributed by atoms with Gasteiger partial charge in [-0.2, -0.15) is 12.6 Å². The topological polar surface area (TPSA) is 40.1 Å². The van der Waals surface area contributed by atoms with Gasteiger partial charge in [0.25, 0.3) is 0 Å². The maximum atomic E-state index is 9.88. The fourth-order valence-corrected chi connectivity index (χ4v) is 0.638. The number of carbonyl (C=O) groups excluding carboxylic acids is 1. The molecule has 0 spiro atoms. The molecule has 0 saturated heterocycles. The summed E-state index contributed by atoms with van der Waals surface area (Å²) in [4.78, 5) is 9.88. The molecule has 0 amide bonds. The summed E-state index contributed by atoms with van der Waals surface area (Å²) in [6.45, 7) is 1.97. The van der Waals surface area contributed by atoms with Crippen LogP contribution in [-0.2, 0) is 4.79 Å². The zero-order valence-electron chi connectivity index (χ0n) is 5.46. The molecule has 0 bridgehead atoms. The molecule has 0 heterocycles. The van der Waals surface area contributed by atoms with Crippen molar-refractivity contribution < 1.29 is 9.90 Å². The van der Waals surface area contributed by atoms with Crippen LogP contribution in [0.2, 0.25) is 0 Å². The monoisotopic (exact) mass is 147 g/mol. The lowest BCUT2D eigenvalue weighted by Gasteiger charge is -2.06. The van der Waals surface area contributed by atoms with Crippen LogP contribution in [0.15, 0.2) is 0 Å². The second-order valence-electron chi connectivity index (χ2n) is 2.20. The zero-order valence-corrected chi connectivity index (χ0v) is 6.36. The molecule has 0 aromatic rings. The van der Waals surface area contributed by atoms with Gasteiger partial charge in [-0.05, 0) is 24.5 Å². The highest BCUT2D eigenvalue weighted by molar-refractivity contribution is 7.80. The largest absolute Gasteiger partial charge is 0.550 e. The molecule has 0 saturated carbocycles. The number of thiol groups is 1. The average molecular weight is 147 g/mol. The van der Waals surface area contributed by atoms with Gasteiger partial charge in [0.1, 0.15) is 0 Å². The molecule has 2 nitrogen and oxygen atoms in total. The zero-order chi connectivity index (χ0) is 7.28. The molecule has 3 heteroatoms. The molecule has 0 aliphatic rings. The Morgan fingerprint density at radius 1 is 1.78 bits per heavy atom. The molecule has 1 atom stereocenters. The van der Waals surface area contributed by atoms with Crippen molar-refractivity contribution in [3.63, 3.8) is 0 Å². The lowest BCUT2D eigenvalue weighted by Crippen LogP contribution is -2.22. The molecular formula is C6H11O2S-. The highest BCUT2D eigenvalue weighted by atomic mass is 32.1. The van der Waals surface area contributed by atoms with E-state index in [1.165, 1.54) is 0 Å². The van der Waals surface area contributed by atoms with Crippen molar-refractivity contribution in [2.75, 3.05) is 5.75 Å². The molecule has 0 fully saturated rings. The summed E-state index contributed by atoms with van der Waals surface area (Å²) in [6, 6.07) is 0. The number of carbonyl (C=O) groups is 1. The highest BCUT2D eigenvalue weighted by Gasteiger charge is 1.97. The van der Waals surface area contributed by atoms with Crippen molar-refractivity contribution in [3.05, 3.63) is 0 Å². The van der Waals surface area contributed by atoms with Gasteiger partial charge < -0.3 is 9.90 Å². The third-order valence-corrected chi connectivity index (χ3v) is 1.78. The number of carboxylic acids is 1. The Labute approximate surface area is 60.7 Å². The number of hydrogen-bond donors (Lipinski definition) is 1. The van der Waals surface area contributed by atoms with Crippen molar-refractivity contribution in [3.8, 4) is 0 Å². The highest BCUT2D eigenvalue weighted by Crippen LogP contribution is 2.05. The summed E-state index contributed by atoms with van der Waals surface area (Å²) in [5.41, 5.74) is 0. The van der Waals surface area contributed by atoms with E-state index in [0.717, 1.165) is 5.75 Å². The summed E-state index contributed by atoms with van der Waals surface area (Å²) in [6.07, 6.45) is 0.827. The van der Waals surface area contributed by atoms with E-state index in [4.69, 9.17) is 0 Å². The van der Waals surface area contributed by atoms with Crippen molar-refractivity contribution in [2.45, 2.75) is 19.8 Å². The van der Waals surface area contributed by atoms with E-state index < -0.39 is 5.97 Å². The van der Waals surface area contributed by atoms with E-state index in [-0.39, 0.29) is 6.42 Å². The second-order valence-corrected chi connectivity index (χ2v) is 2.56. The van der Waals surface area contributed by atoms with Gasteiger partial charge in [-0.3, -0.25) is 0 Å². The molecule has 9 heavy (non-hydrogen) atoms. The van der Waals surface area contributed by atoms with E-state index >= 15 is 0 Å². The molecule has 1 unspecified atom stereocenters. The first-order valence-electron chi connectivity index (χ1n) is 2.97. The van der Waals surface area contributed by atoms with Gasteiger partial charge in [0.2, 0.25) is 0 Å². The first-order chi connectivity index (χ1) is 4.16. The van der Waals surface area contributed by atoms with E-state index in [2.05, 4.69) is 12.6 Å². The molecule has 54 valence electrons. The summed E-state index contributed by atoms with van der Waals surface area (Å²) in [7, 11) is 0. The summed E-state index contributed by atoms with van der Waals surface area (Å²) < 4.78 is 0. The summed E-state index contributed by atoms with van der Waals surface area (Å²) in [5, 5.41) is 9.88. The maximum Gasteiger partial charge on any atom is 0.0414 e. The third-order valence-electron chi connectivity index (χ3n) is 1.15. The first kappa shape index (κ1) is 8.82. The van der Waals surface area contributed by atoms with Crippen LogP contribution < -0.4 is 5.11 Å². The summed E-state index contributed by atoms with van der Waals surface area (Å²) in [5.74, 6) is 0.155. The SMILES string of the molecule is CC(CS)CCC(=O)[O-]. The minimum atomic E-state index is -0.969. The Morgan fingerprint density at radius 2 is 2.33 bits per heavy atom. The molecule has 0 radical (unpaired) electrons. The Kier molecular flexibility index (Phi) is 4.58. The standard InChI is InChI=1S/C6H12O2S/c1-5(4-9)2-3-6(7)8/h5,9H,2-4H2,1H3,(H,7,8)/p-1. The molecule has 0 rings (SSSR count). The Bertz CT molecular complexity index is 93.1.